The normalized spacial score (nSPS) is 14.8. The summed E-state index contributed by atoms with van der Waals surface area (Å²) >= 11 is 0. The first-order chi connectivity index (χ1) is 9.70. The van der Waals surface area contributed by atoms with Crippen molar-refractivity contribution in [2.45, 2.75) is 6.42 Å². The number of carbonyl (C=O) groups is 2. The fourth-order valence-corrected chi connectivity index (χ4v) is 1.92. The third kappa shape index (κ3) is 3.56. The van der Waals surface area contributed by atoms with E-state index >= 15 is 0 Å². The van der Waals surface area contributed by atoms with E-state index in [1.165, 1.54) is 12.4 Å². The van der Waals surface area contributed by atoms with Gasteiger partial charge in [0.15, 0.2) is 0 Å². The van der Waals surface area contributed by atoms with Crippen molar-refractivity contribution >= 4 is 11.8 Å². The van der Waals surface area contributed by atoms with Crippen molar-refractivity contribution in [2.75, 3.05) is 26.2 Å². The number of nitrogens with one attached hydrogen (secondary N) is 1. The Morgan fingerprint density at radius 2 is 2.30 bits per heavy atom. The van der Waals surface area contributed by atoms with E-state index in [0.717, 1.165) is 0 Å². The van der Waals surface area contributed by atoms with Crippen molar-refractivity contribution in [2.24, 2.45) is 0 Å². The summed E-state index contributed by atoms with van der Waals surface area (Å²) < 4.78 is 0. The van der Waals surface area contributed by atoms with E-state index in [4.69, 9.17) is 5.11 Å². The lowest BCUT2D eigenvalue weighted by atomic mass is 10.2. The second-order valence-corrected chi connectivity index (χ2v) is 4.31. The predicted molar refractivity (Wildman–Crippen MR) is 71.7 cm³/mol. The third-order valence-corrected chi connectivity index (χ3v) is 2.90. The van der Waals surface area contributed by atoms with Gasteiger partial charge in [0.2, 0.25) is 5.91 Å². The summed E-state index contributed by atoms with van der Waals surface area (Å²) in [5.74, 6) is 5.02. The number of aliphatic hydroxyl groups is 1. The lowest BCUT2D eigenvalue weighted by molar-refractivity contribution is -0.120. The number of hydrogen-bond donors (Lipinski definition) is 2. The molecular formula is C14H15N3O3. The first-order valence-electron chi connectivity index (χ1n) is 6.31. The van der Waals surface area contributed by atoms with Gasteiger partial charge in [-0.2, -0.15) is 0 Å². The minimum Gasteiger partial charge on any atom is -0.384 e. The third-order valence-electron chi connectivity index (χ3n) is 2.90. The average Bonchev–Trinajstić information content (AvgIpc) is 2.69. The zero-order valence-corrected chi connectivity index (χ0v) is 10.9. The highest BCUT2D eigenvalue weighted by Crippen LogP contribution is 2.08. The van der Waals surface area contributed by atoms with E-state index in [-0.39, 0.29) is 18.4 Å². The molecule has 0 bridgehead atoms. The van der Waals surface area contributed by atoms with Crippen molar-refractivity contribution in [3.8, 4) is 11.8 Å². The van der Waals surface area contributed by atoms with Crippen molar-refractivity contribution in [3.05, 3.63) is 29.6 Å². The van der Waals surface area contributed by atoms with E-state index < -0.39 is 0 Å². The SMILES string of the molecule is O=C1CCN(C(=O)c2cncc(C#CCO)c2)CCN1. The summed E-state index contributed by atoms with van der Waals surface area (Å²) in [5.41, 5.74) is 1.01. The maximum Gasteiger partial charge on any atom is 0.255 e. The molecule has 1 aliphatic heterocycles. The van der Waals surface area contributed by atoms with Crippen molar-refractivity contribution in [1.29, 1.82) is 0 Å². The Kier molecular flexibility index (Phi) is 4.69. The molecule has 2 N–H and O–H groups in total. The summed E-state index contributed by atoms with van der Waals surface area (Å²) in [5, 5.41) is 11.4. The number of carbonyl (C=O) groups excluding carboxylic acids is 2. The highest BCUT2D eigenvalue weighted by atomic mass is 16.2. The highest BCUT2D eigenvalue weighted by Gasteiger charge is 2.19. The van der Waals surface area contributed by atoms with Crippen LogP contribution in [0.25, 0.3) is 0 Å². The molecular weight excluding hydrogens is 258 g/mol. The number of aromatic nitrogens is 1. The first kappa shape index (κ1) is 14.0. The van der Waals surface area contributed by atoms with Crippen LogP contribution in [0, 0.1) is 11.8 Å². The van der Waals surface area contributed by atoms with Gasteiger partial charge in [-0.15, -0.1) is 0 Å². The monoisotopic (exact) mass is 273 g/mol. The Morgan fingerprint density at radius 3 is 3.10 bits per heavy atom. The van der Waals surface area contributed by atoms with Crippen LogP contribution in [0.5, 0.6) is 0 Å². The molecule has 0 radical (unpaired) electrons. The standard InChI is InChI=1S/C14H15N3O3/c18-7-1-2-11-8-12(10-15-9-11)14(20)17-5-3-13(19)16-4-6-17/h8-10,18H,3-7H2,(H,16,19). The van der Waals surface area contributed by atoms with Crippen LogP contribution in [-0.2, 0) is 4.79 Å². The Morgan fingerprint density at radius 1 is 1.45 bits per heavy atom. The smallest absolute Gasteiger partial charge is 0.255 e. The molecule has 1 saturated heterocycles. The van der Waals surface area contributed by atoms with Crippen LogP contribution >= 0.6 is 0 Å². The van der Waals surface area contributed by atoms with E-state index in [1.54, 1.807) is 11.0 Å². The molecule has 104 valence electrons. The fraction of sp³-hybridized carbons (Fsp3) is 0.357. The van der Waals surface area contributed by atoms with Gasteiger partial charge in [-0.1, -0.05) is 11.8 Å². The van der Waals surface area contributed by atoms with Crippen molar-refractivity contribution in [3.63, 3.8) is 0 Å². The lowest BCUT2D eigenvalue weighted by Crippen LogP contribution is -2.34. The highest BCUT2D eigenvalue weighted by molar-refractivity contribution is 5.94. The molecule has 1 aliphatic rings. The van der Waals surface area contributed by atoms with Gasteiger partial charge in [-0.05, 0) is 6.07 Å². The van der Waals surface area contributed by atoms with Gasteiger partial charge >= 0.3 is 0 Å². The number of rotatable bonds is 1. The minimum atomic E-state index is -0.238. The van der Waals surface area contributed by atoms with Crippen LogP contribution in [0.3, 0.4) is 0 Å². The van der Waals surface area contributed by atoms with Crippen LogP contribution in [0.4, 0.5) is 0 Å². The molecule has 0 atom stereocenters. The van der Waals surface area contributed by atoms with Crippen molar-refractivity contribution < 1.29 is 14.7 Å². The molecule has 0 aliphatic carbocycles. The van der Waals surface area contributed by atoms with Gasteiger partial charge < -0.3 is 15.3 Å². The van der Waals surface area contributed by atoms with Gasteiger partial charge in [0, 0.05) is 44.0 Å². The zero-order chi connectivity index (χ0) is 14.4. The molecule has 2 rings (SSSR count). The molecule has 2 heterocycles. The number of amides is 2. The minimum absolute atomic E-state index is 0.0408. The molecule has 6 nitrogen and oxygen atoms in total. The molecule has 0 spiro atoms. The fourth-order valence-electron chi connectivity index (χ4n) is 1.92. The van der Waals surface area contributed by atoms with Gasteiger partial charge in [-0.25, -0.2) is 0 Å². The van der Waals surface area contributed by atoms with Crippen LogP contribution in [0.15, 0.2) is 18.5 Å². The Labute approximate surface area is 116 Å². The second kappa shape index (κ2) is 6.68. The van der Waals surface area contributed by atoms with Gasteiger partial charge in [-0.3, -0.25) is 14.6 Å². The number of nitrogens with zero attached hydrogens (tertiary/aromatic N) is 2. The molecule has 6 heteroatoms. The average molecular weight is 273 g/mol. The second-order valence-electron chi connectivity index (χ2n) is 4.31. The maximum absolute atomic E-state index is 12.3. The van der Waals surface area contributed by atoms with E-state index in [1.807, 2.05) is 0 Å². The van der Waals surface area contributed by atoms with Gasteiger partial charge in [0.25, 0.3) is 5.91 Å². The summed E-state index contributed by atoms with van der Waals surface area (Å²) in [4.78, 5) is 29.2. The molecule has 20 heavy (non-hydrogen) atoms. The van der Waals surface area contributed by atoms with Crippen LogP contribution in [0.1, 0.15) is 22.3 Å². The Bertz CT molecular complexity index is 575. The lowest BCUT2D eigenvalue weighted by Gasteiger charge is -2.19. The maximum atomic E-state index is 12.3. The van der Waals surface area contributed by atoms with Crippen LogP contribution in [-0.4, -0.2) is 53.0 Å². The largest absolute Gasteiger partial charge is 0.384 e. The van der Waals surface area contributed by atoms with E-state index in [0.29, 0.717) is 37.2 Å². The molecule has 1 aromatic rings. The summed E-state index contributed by atoms with van der Waals surface area (Å²) in [6.45, 7) is 1.11. The number of aliphatic hydroxyl groups excluding tert-OH is 1. The first-order valence-corrected chi connectivity index (χ1v) is 6.31. The number of hydrogen-bond acceptors (Lipinski definition) is 4. The van der Waals surface area contributed by atoms with E-state index in [9.17, 15) is 9.59 Å². The molecule has 2 amide bonds. The van der Waals surface area contributed by atoms with E-state index in [2.05, 4.69) is 22.1 Å². The summed E-state index contributed by atoms with van der Waals surface area (Å²) in [6, 6.07) is 1.64. The predicted octanol–water partition coefficient (Wildman–Crippen LogP) is -0.613. The Hall–Kier alpha value is -2.39. The van der Waals surface area contributed by atoms with Crippen LogP contribution in [0.2, 0.25) is 0 Å². The van der Waals surface area contributed by atoms with Gasteiger partial charge in [0.1, 0.15) is 6.61 Å². The van der Waals surface area contributed by atoms with Crippen LogP contribution < -0.4 is 5.32 Å². The van der Waals surface area contributed by atoms with Gasteiger partial charge in [0.05, 0.1) is 5.56 Å². The number of pyridine rings is 1. The zero-order valence-electron chi connectivity index (χ0n) is 10.9. The molecule has 0 saturated carbocycles. The molecule has 1 fully saturated rings. The summed E-state index contributed by atoms with van der Waals surface area (Å²) in [6.07, 6.45) is 3.32. The molecule has 1 aromatic heterocycles. The molecule has 0 unspecified atom stereocenters. The topological polar surface area (TPSA) is 82.5 Å². The quantitative estimate of drug-likeness (QED) is 0.669. The summed E-state index contributed by atoms with van der Waals surface area (Å²) in [7, 11) is 0. The Balaban J connectivity index is 2.14. The van der Waals surface area contributed by atoms with Crippen molar-refractivity contribution in [1.82, 2.24) is 15.2 Å². The molecule has 0 aromatic carbocycles.